The summed E-state index contributed by atoms with van der Waals surface area (Å²) in [7, 11) is 0. The second-order valence-electron chi connectivity index (χ2n) is 3.58. The highest BCUT2D eigenvalue weighted by atomic mass is 35.5. The van der Waals surface area contributed by atoms with Crippen molar-refractivity contribution in [2.75, 3.05) is 5.75 Å². The van der Waals surface area contributed by atoms with Crippen LogP contribution in [0.1, 0.15) is 25.7 Å². The second-order valence-corrected chi connectivity index (χ2v) is 3.94. The van der Waals surface area contributed by atoms with Gasteiger partial charge in [-0.2, -0.15) is 12.6 Å². The molecule has 1 N–H and O–H groups in total. The van der Waals surface area contributed by atoms with Crippen LogP contribution in [0.15, 0.2) is 0 Å². The third kappa shape index (κ3) is 1.85. The minimum Gasteiger partial charge on any atom is -0.310 e. The molecule has 1 saturated heterocycles. The molecule has 66 valence electrons. The molecular formula is C8H16ClNS. The van der Waals surface area contributed by atoms with Crippen molar-refractivity contribution in [3.8, 4) is 0 Å². The van der Waals surface area contributed by atoms with Crippen molar-refractivity contribution in [3.05, 3.63) is 0 Å². The largest absolute Gasteiger partial charge is 0.310 e. The summed E-state index contributed by atoms with van der Waals surface area (Å²) in [6.45, 7) is 0. The van der Waals surface area contributed by atoms with Crippen molar-refractivity contribution in [1.29, 1.82) is 0 Å². The van der Waals surface area contributed by atoms with Gasteiger partial charge in [-0.25, -0.2) is 0 Å². The Kier molecular flexibility index (Phi) is 3.53. The zero-order valence-corrected chi connectivity index (χ0v) is 8.33. The average Bonchev–Trinajstić information content (AvgIpc) is 2.42. The normalized spacial score (nSPS) is 41.7. The zero-order chi connectivity index (χ0) is 6.97. The number of hydrogen-bond acceptors (Lipinski definition) is 2. The van der Waals surface area contributed by atoms with Crippen molar-refractivity contribution in [3.63, 3.8) is 0 Å². The van der Waals surface area contributed by atoms with Gasteiger partial charge in [-0.3, -0.25) is 0 Å². The highest BCUT2D eigenvalue weighted by molar-refractivity contribution is 7.80. The molecule has 1 heterocycles. The maximum Gasteiger partial charge on any atom is 0.0161 e. The highest BCUT2D eigenvalue weighted by Gasteiger charge is 2.35. The van der Waals surface area contributed by atoms with Crippen molar-refractivity contribution in [2.24, 2.45) is 5.92 Å². The molecule has 1 nitrogen and oxygen atoms in total. The van der Waals surface area contributed by atoms with E-state index in [4.69, 9.17) is 0 Å². The lowest BCUT2D eigenvalue weighted by molar-refractivity contribution is 0.518. The first-order chi connectivity index (χ1) is 4.90. The first-order valence-corrected chi connectivity index (χ1v) is 4.90. The van der Waals surface area contributed by atoms with Crippen LogP contribution in [-0.2, 0) is 0 Å². The molecule has 1 aliphatic heterocycles. The molecule has 2 fully saturated rings. The van der Waals surface area contributed by atoms with Gasteiger partial charge in [0.2, 0.25) is 0 Å². The number of nitrogens with one attached hydrogen (secondary N) is 1. The van der Waals surface area contributed by atoms with Crippen LogP contribution in [0.25, 0.3) is 0 Å². The Bertz CT molecular complexity index is 119. The van der Waals surface area contributed by atoms with E-state index >= 15 is 0 Å². The maximum absolute atomic E-state index is 4.30. The molecule has 0 aromatic heterocycles. The average molecular weight is 194 g/mol. The molecule has 0 aromatic rings. The van der Waals surface area contributed by atoms with Crippen molar-refractivity contribution >= 4 is 25.0 Å². The Morgan fingerprint density at radius 1 is 1.36 bits per heavy atom. The molecule has 1 saturated carbocycles. The second kappa shape index (κ2) is 4.01. The molecule has 2 aliphatic rings. The summed E-state index contributed by atoms with van der Waals surface area (Å²) in [5.41, 5.74) is 0. The Labute approximate surface area is 80.1 Å². The summed E-state index contributed by atoms with van der Waals surface area (Å²) in [5, 5.41) is 3.63. The van der Waals surface area contributed by atoms with E-state index in [1.54, 1.807) is 0 Å². The maximum atomic E-state index is 4.30. The van der Waals surface area contributed by atoms with E-state index in [2.05, 4.69) is 17.9 Å². The zero-order valence-electron chi connectivity index (χ0n) is 6.62. The predicted molar refractivity (Wildman–Crippen MR) is 53.8 cm³/mol. The van der Waals surface area contributed by atoms with Crippen LogP contribution in [0.2, 0.25) is 0 Å². The Balaban J connectivity index is 0.000000605. The quantitative estimate of drug-likeness (QED) is 0.606. The molecule has 0 unspecified atom stereocenters. The van der Waals surface area contributed by atoms with Crippen LogP contribution in [-0.4, -0.2) is 17.8 Å². The van der Waals surface area contributed by atoms with Gasteiger partial charge >= 0.3 is 0 Å². The van der Waals surface area contributed by atoms with E-state index in [0.29, 0.717) is 0 Å². The topological polar surface area (TPSA) is 12.0 Å². The van der Waals surface area contributed by atoms with Crippen LogP contribution in [0, 0.1) is 5.92 Å². The first-order valence-electron chi connectivity index (χ1n) is 4.27. The summed E-state index contributed by atoms with van der Waals surface area (Å²) in [4.78, 5) is 0. The number of thiol groups is 1. The highest BCUT2D eigenvalue weighted by Crippen LogP contribution is 2.34. The van der Waals surface area contributed by atoms with Gasteiger partial charge in [0.25, 0.3) is 0 Å². The van der Waals surface area contributed by atoms with Gasteiger partial charge in [-0.15, -0.1) is 12.4 Å². The molecule has 3 atom stereocenters. The van der Waals surface area contributed by atoms with Gasteiger partial charge in [0, 0.05) is 17.8 Å². The molecule has 0 amide bonds. The summed E-state index contributed by atoms with van der Waals surface area (Å²) in [5.74, 6) is 2.02. The van der Waals surface area contributed by atoms with Gasteiger partial charge in [0.05, 0.1) is 0 Å². The lowest BCUT2D eigenvalue weighted by atomic mass is 10.0. The Hall–Kier alpha value is 0.600. The first kappa shape index (κ1) is 9.69. The minimum atomic E-state index is 0. The third-order valence-electron chi connectivity index (χ3n) is 2.92. The summed E-state index contributed by atoms with van der Waals surface area (Å²) < 4.78 is 0. The van der Waals surface area contributed by atoms with Crippen LogP contribution >= 0.6 is 25.0 Å². The molecule has 11 heavy (non-hydrogen) atoms. The van der Waals surface area contributed by atoms with Gasteiger partial charge in [0.15, 0.2) is 0 Å². The monoisotopic (exact) mass is 193 g/mol. The molecule has 0 radical (unpaired) electrons. The van der Waals surface area contributed by atoms with E-state index < -0.39 is 0 Å². The van der Waals surface area contributed by atoms with E-state index in [9.17, 15) is 0 Å². The van der Waals surface area contributed by atoms with Crippen LogP contribution in [0.5, 0.6) is 0 Å². The molecule has 3 heteroatoms. The number of hydrogen-bond donors (Lipinski definition) is 2. The lowest BCUT2D eigenvalue weighted by Crippen LogP contribution is -2.30. The summed E-state index contributed by atoms with van der Waals surface area (Å²) in [6, 6.07) is 1.58. The minimum absolute atomic E-state index is 0. The molecule has 0 spiro atoms. The number of halogens is 1. The van der Waals surface area contributed by atoms with Crippen LogP contribution in [0.3, 0.4) is 0 Å². The van der Waals surface area contributed by atoms with Crippen LogP contribution < -0.4 is 5.32 Å². The number of fused-ring (bicyclic) bond motifs is 1. The van der Waals surface area contributed by atoms with E-state index in [1.165, 1.54) is 25.7 Å². The van der Waals surface area contributed by atoms with E-state index in [1.807, 2.05) is 0 Å². The Morgan fingerprint density at radius 2 is 2.18 bits per heavy atom. The number of rotatable bonds is 1. The molecule has 0 bridgehead atoms. The molecular weight excluding hydrogens is 178 g/mol. The van der Waals surface area contributed by atoms with Gasteiger partial charge in [-0.05, 0) is 25.2 Å². The van der Waals surface area contributed by atoms with Crippen molar-refractivity contribution < 1.29 is 0 Å². The third-order valence-corrected chi connectivity index (χ3v) is 3.36. The SMILES string of the molecule is Cl.SC[C@@H]1C[C@@H]2CCC[C@@H]2N1. The fraction of sp³-hybridized carbons (Fsp3) is 1.00. The summed E-state index contributed by atoms with van der Waals surface area (Å²) >= 11 is 4.30. The standard InChI is InChI=1S/C8H15NS.ClH/c10-5-7-4-6-2-1-3-8(6)9-7;/h6-10H,1-5H2;1H/t6-,7-,8-;/m0./s1. The van der Waals surface area contributed by atoms with Gasteiger partial charge in [-0.1, -0.05) is 6.42 Å². The van der Waals surface area contributed by atoms with Crippen LogP contribution in [0.4, 0.5) is 0 Å². The molecule has 1 aliphatic carbocycles. The fourth-order valence-electron chi connectivity index (χ4n) is 2.40. The van der Waals surface area contributed by atoms with Gasteiger partial charge in [0.1, 0.15) is 0 Å². The molecule has 0 aromatic carbocycles. The van der Waals surface area contributed by atoms with Gasteiger partial charge < -0.3 is 5.32 Å². The smallest absolute Gasteiger partial charge is 0.0161 e. The van der Waals surface area contributed by atoms with Crippen molar-refractivity contribution in [1.82, 2.24) is 5.32 Å². The fourth-order valence-corrected chi connectivity index (χ4v) is 2.66. The van der Waals surface area contributed by atoms with E-state index in [-0.39, 0.29) is 12.4 Å². The lowest BCUT2D eigenvalue weighted by Gasteiger charge is -2.08. The molecule has 2 rings (SSSR count). The van der Waals surface area contributed by atoms with E-state index in [0.717, 1.165) is 23.8 Å². The Morgan fingerprint density at radius 3 is 2.82 bits per heavy atom. The predicted octanol–water partition coefficient (Wildman–Crippen LogP) is 1.87. The van der Waals surface area contributed by atoms with Crippen molar-refractivity contribution in [2.45, 2.75) is 37.8 Å². The summed E-state index contributed by atoms with van der Waals surface area (Å²) in [6.07, 6.45) is 5.70.